The molecule has 0 spiro atoms. The number of methoxy groups -OCH3 is 1. The van der Waals surface area contributed by atoms with Gasteiger partial charge in [-0.05, 0) is 36.4 Å². The number of anilines is 1. The van der Waals surface area contributed by atoms with Crippen molar-refractivity contribution >= 4 is 34.3 Å². The zero-order valence-electron chi connectivity index (χ0n) is 16.5. The van der Waals surface area contributed by atoms with Crippen molar-refractivity contribution in [3.63, 3.8) is 0 Å². The van der Waals surface area contributed by atoms with E-state index in [9.17, 15) is 14.0 Å². The summed E-state index contributed by atoms with van der Waals surface area (Å²) in [5, 5.41) is 3.35. The van der Waals surface area contributed by atoms with E-state index in [4.69, 9.17) is 4.74 Å². The van der Waals surface area contributed by atoms with Gasteiger partial charge in [0.1, 0.15) is 11.6 Å². The Morgan fingerprint density at radius 3 is 2.68 bits per heavy atom. The molecule has 31 heavy (non-hydrogen) atoms. The Hall–Kier alpha value is -3.65. The van der Waals surface area contributed by atoms with Crippen LogP contribution in [0, 0.1) is 5.82 Å². The summed E-state index contributed by atoms with van der Waals surface area (Å²) >= 11 is 1.09. The molecule has 0 radical (unpaired) electrons. The lowest BCUT2D eigenvalue weighted by Crippen LogP contribution is -2.23. The average molecular weight is 435 g/mol. The molecule has 0 fully saturated rings. The molecular formula is C23H18FN3O3S. The van der Waals surface area contributed by atoms with Crippen LogP contribution in [0.15, 0.2) is 82.7 Å². The third kappa shape index (κ3) is 4.44. The van der Waals surface area contributed by atoms with Gasteiger partial charge in [-0.2, -0.15) is 0 Å². The van der Waals surface area contributed by atoms with Crippen LogP contribution in [0.5, 0.6) is 5.75 Å². The zero-order chi connectivity index (χ0) is 21.8. The molecule has 1 heterocycles. The first-order valence-electron chi connectivity index (χ1n) is 9.40. The van der Waals surface area contributed by atoms with Crippen LogP contribution in [-0.4, -0.2) is 28.3 Å². The van der Waals surface area contributed by atoms with Crippen LogP contribution >= 0.6 is 11.8 Å². The highest BCUT2D eigenvalue weighted by molar-refractivity contribution is 7.99. The number of thioether (sulfide) groups is 1. The van der Waals surface area contributed by atoms with Gasteiger partial charge in [0.2, 0.25) is 5.91 Å². The molecule has 156 valence electrons. The lowest BCUT2D eigenvalue weighted by molar-refractivity contribution is -0.113. The number of aromatic nitrogens is 2. The first-order chi connectivity index (χ1) is 15.1. The fraction of sp³-hybridized carbons (Fsp3) is 0.0870. The number of nitrogens with zero attached hydrogens (tertiary/aromatic N) is 2. The molecule has 6 nitrogen and oxygen atoms in total. The van der Waals surface area contributed by atoms with Gasteiger partial charge in [-0.3, -0.25) is 14.2 Å². The van der Waals surface area contributed by atoms with E-state index < -0.39 is 11.7 Å². The van der Waals surface area contributed by atoms with Gasteiger partial charge in [0, 0.05) is 6.07 Å². The molecule has 0 aliphatic rings. The number of rotatable bonds is 6. The Bertz CT molecular complexity index is 1320. The second kappa shape index (κ2) is 9.01. The zero-order valence-corrected chi connectivity index (χ0v) is 17.4. The van der Waals surface area contributed by atoms with E-state index in [-0.39, 0.29) is 17.0 Å². The number of hydrogen-bond donors (Lipinski definition) is 1. The summed E-state index contributed by atoms with van der Waals surface area (Å²) < 4.78 is 20.5. The SMILES string of the molecule is COc1cccc(-n2c(SCC(=O)Nc3ccccc3F)nc3ccccc3c2=O)c1. The van der Waals surface area contributed by atoms with Gasteiger partial charge >= 0.3 is 0 Å². The molecule has 0 saturated carbocycles. The molecule has 0 bridgehead atoms. The van der Waals surface area contributed by atoms with Crippen LogP contribution in [0.25, 0.3) is 16.6 Å². The van der Waals surface area contributed by atoms with Crippen molar-refractivity contribution in [2.24, 2.45) is 0 Å². The molecule has 1 aromatic heterocycles. The van der Waals surface area contributed by atoms with Crippen molar-refractivity contribution in [1.82, 2.24) is 9.55 Å². The molecule has 0 aliphatic carbocycles. The van der Waals surface area contributed by atoms with E-state index in [1.807, 2.05) is 0 Å². The van der Waals surface area contributed by atoms with Gasteiger partial charge < -0.3 is 10.1 Å². The number of ether oxygens (including phenoxy) is 1. The van der Waals surface area contributed by atoms with Gasteiger partial charge in [-0.15, -0.1) is 0 Å². The fourth-order valence-electron chi connectivity index (χ4n) is 3.07. The van der Waals surface area contributed by atoms with E-state index in [0.29, 0.717) is 27.5 Å². The quantitative estimate of drug-likeness (QED) is 0.362. The second-order valence-corrected chi connectivity index (χ2v) is 7.51. The molecule has 1 amide bonds. The van der Waals surface area contributed by atoms with Crippen molar-refractivity contribution < 1.29 is 13.9 Å². The highest BCUT2D eigenvalue weighted by Gasteiger charge is 2.16. The first-order valence-corrected chi connectivity index (χ1v) is 10.4. The number of benzene rings is 3. The molecule has 1 N–H and O–H groups in total. The number of halogens is 1. The molecule has 8 heteroatoms. The highest BCUT2D eigenvalue weighted by Crippen LogP contribution is 2.24. The Morgan fingerprint density at radius 1 is 1.10 bits per heavy atom. The summed E-state index contributed by atoms with van der Waals surface area (Å²) in [7, 11) is 1.54. The number of carbonyl (C=O) groups excluding carboxylic acids is 1. The van der Waals surface area contributed by atoms with E-state index >= 15 is 0 Å². The lowest BCUT2D eigenvalue weighted by atomic mass is 10.2. The van der Waals surface area contributed by atoms with E-state index in [1.165, 1.54) is 16.7 Å². The average Bonchev–Trinajstić information content (AvgIpc) is 2.79. The summed E-state index contributed by atoms with van der Waals surface area (Å²) in [4.78, 5) is 30.2. The summed E-state index contributed by atoms with van der Waals surface area (Å²) in [6.07, 6.45) is 0. The van der Waals surface area contributed by atoms with E-state index in [0.717, 1.165) is 11.8 Å². The number of para-hydroxylation sites is 2. The molecule has 0 saturated heterocycles. The topological polar surface area (TPSA) is 73.2 Å². The minimum Gasteiger partial charge on any atom is -0.497 e. The first kappa shape index (κ1) is 20.6. The predicted octanol–water partition coefficient (Wildman–Crippen LogP) is 4.26. The van der Waals surface area contributed by atoms with Crippen molar-refractivity contribution in [2.45, 2.75) is 5.16 Å². The summed E-state index contributed by atoms with van der Waals surface area (Å²) in [6, 6.07) is 20.0. The summed E-state index contributed by atoms with van der Waals surface area (Å²) in [5.74, 6) is -0.387. The molecule has 0 aliphatic heterocycles. The monoisotopic (exact) mass is 435 g/mol. The predicted molar refractivity (Wildman–Crippen MR) is 120 cm³/mol. The van der Waals surface area contributed by atoms with E-state index in [1.54, 1.807) is 67.8 Å². The van der Waals surface area contributed by atoms with Crippen molar-refractivity contribution in [1.29, 1.82) is 0 Å². The minimum atomic E-state index is -0.516. The van der Waals surface area contributed by atoms with Crippen LogP contribution in [-0.2, 0) is 4.79 Å². The maximum Gasteiger partial charge on any atom is 0.266 e. The van der Waals surface area contributed by atoms with Gasteiger partial charge in [0.05, 0.1) is 35.1 Å². The second-order valence-electron chi connectivity index (χ2n) is 6.57. The largest absolute Gasteiger partial charge is 0.497 e. The minimum absolute atomic E-state index is 0.0525. The molecule has 0 unspecified atom stereocenters. The number of fused-ring (bicyclic) bond motifs is 1. The Balaban J connectivity index is 1.70. The Labute approximate surface area is 181 Å². The normalized spacial score (nSPS) is 10.8. The fourth-order valence-corrected chi connectivity index (χ4v) is 3.88. The van der Waals surface area contributed by atoms with Crippen LogP contribution in [0.2, 0.25) is 0 Å². The number of amides is 1. The van der Waals surface area contributed by atoms with Crippen LogP contribution in [0.3, 0.4) is 0 Å². The van der Waals surface area contributed by atoms with Crippen molar-refractivity contribution in [2.75, 3.05) is 18.2 Å². The molecular weight excluding hydrogens is 417 g/mol. The van der Waals surface area contributed by atoms with Gasteiger partial charge in [0.25, 0.3) is 5.56 Å². The van der Waals surface area contributed by atoms with Gasteiger partial charge in [-0.25, -0.2) is 9.37 Å². The standard InChI is InChI=1S/C23H18FN3O3S/c1-30-16-8-6-7-15(13-16)27-22(29)17-9-2-4-11-19(17)26-23(27)31-14-21(28)25-20-12-5-3-10-18(20)24/h2-13H,14H2,1H3,(H,25,28). The molecule has 4 aromatic rings. The van der Waals surface area contributed by atoms with Crippen LogP contribution < -0.4 is 15.6 Å². The van der Waals surface area contributed by atoms with Crippen LogP contribution in [0.1, 0.15) is 0 Å². The maximum atomic E-state index is 13.8. The lowest BCUT2D eigenvalue weighted by Gasteiger charge is -2.14. The summed E-state index contributed by atoms with van der Waals surface area (Å²) in [6.45, 7) is 0. The Morgan fingerprint density at radius 2 is 1.87 bits per heavy atom. The molecule has 4 rings (SSSR count). The maximum absolute atomic E-state index is 13.8. The molecule has 3 aromatic carbocycles. The van der Waals surface area contributed by atoms with E-state index in [2.05, 4.69) is 10.3 Å². The highest BCUT2D eigenvalue weighted by atomic mass is 32.2. The number of carbonyl (C=O) groups is 1. The smallest absolute Gasteiger partial charge is 0.266 e. The van der Waals surface area contributed by atoms with Crippen LogP contribution in [0.4, 0.5) is 10.1 Å². The summed E-state index contributed by atoms with van der Waals surface area (Å²) in [5.41, 5.74) is 0.948. The Kier molecular flexibility index (Phi) is 5.99. The van der Waals surface area contributed by atoms with Crippen molar-refractivity contribution in [3.05, 3.63) is 89.0 Å². The van der Waals surface area contributed by atoms with Gasteiger partial charge in [-0.1, -0.05) is 42.1 Å². The third-order valence-corrected chi connectivity index (χ3v) is 5.48. The number of hydrogen-bond acceptors (Lipinski definition) is 5. The third-order valence-electron chi connectivity index (χ3n) is 4.54. The molecule has 0 atom stereocenters. The number of nitrogens with one attached hydrogen (secondary N) is 1. The van der Waals surface area contributed by atoms with Gasteiger partial charge in [0.15, 0.2) is 5.16 Å². The van der Waals surface area contributed by atoms with Crippen molar-refractivity contribution in [3.8, 4) is 11.4 Å².